The molecule has 0 spiro atoms. The maximum absolute atomic E-state index is 10.7. The van der Waals surface area contributed by atoms with Gasteiger partial charge in [0.15, 0.2) is 0 Å². The zero-order valence-electron chi connectivity index (χ0n) is 27.5. The highest BCUT2D eigenvalue weighted by molar-refractivity contribution is 6.25. The van der Waals surface area contributed by atoms with E-state index >= 15 is 0 Å². The van der Waals surface area contributed by atoms with Crippen molar-refractivity contribution in [3.63, 3.8) is 0 Å². The molecule has 0 aromatic carbocycles. The zero-order chi connectivity index (χ0) is 32.1. The lowest BCUT2D eigenvalue weighted by molar-refractivity contribution is -0.503. The summed E-state index contributed by atoms with van der Waals surface area (Å²) in [7, 11) is 0. The molecule has 0 radical (unpaired) electrons. The third-order valence-corrected chi connectivity index (χ3v) is 15.0. The molecule has 266 valence electrons. The molecule has 12 rings (SSSR count). The van der Waals surface area contributed by atoms with Crippen molar-refractivity contribution < 1.29 is 20.2 Å². The van der Waals surface area contributed by atoms with Gasteiger partial charge in [-0.3, -0.25) is 10.1 Å². The first kappa shape index (κ1) is 37.3. The number of aliphatic hydroxyl groups is 3. The van der Waals surface area contributed by atoms with Gasteiger partial charge in [-0.05, 0) is 173 Å². The van der Waals surface area contributed by atoms with Crippen molar-refractivity contribution in [1.82, 2.24) is 0 Å². The van der Waals surface area contributed by atoms with Crippen LogP contribution in [0.3, 0.4) is 0 Å². The van der Waals surface area contributed by atoms with Gasteiger partial charge in [0.25, 0.3) is 0 Å². The van der Waals surface area contributed by atoms with Crippen molar-refractivity contribution in [3.05, 3.63) is 10.1 Å². The van der Waals surface area contributed by atoms with E-state index in [9.17, 15) is 25.4 Å². The Labute approximate surface area is 292 Å². The van der Waals surface area contributed by atoms with Crippen molar-refractivity contribution in [1.29, 1.82) is 0 Å². The highest BCUT2D eigenvalue weighted by Gasteiger charge is 2.57. The standard InChI is InChI=1S/C11H17NO3.2C11H19NO.C2H4Cl2.ClH/c13-10-8-1-7-2-9(10)5-11(3-7,4-8)6-12(14)15;2*12-6-11-3-7-1-8(4-11)10(13)9(2-7)5-11;3-1-2-4;/h7-10,13H,1-6H2;2*7-10,13H,1-6,12H2;1-2H2;1H. The molecular weight excluding hydrogens is 649 g/mol. The largest absolute Gasteiger partial charge is 0.393 e. The summed E-state index contributed by atoms with van der Waals surface area (Å²) in [6.07, 6.45) is 17.5. The van der Waals surface area contributed by atoms with Gasteiger partial charge in [-0.25, -0.2) is 0 Å². The van der Waals surface area contributed by atoms with Crippen molar-refractivity contribution in [3.8, 4) is 0 Å². The molecule has 0 aromatic rings. The molecule has 12 aliphatic carbocycles. The molecule has 8 nitrogen and oxygen atoms in total. The Morgan fingerprint density at radius 3 is 1.07 bits per heavy atom. The summed E-state index contributed by atoms with van der Waals surface area (Å²) in [5, 5.41) is 40.7. The molecule has 12 saturated carbocycles. The van der Waals surface area contributed by atoms with Crippen LogP contribution in [0, 0.1) is 79.6 Å². The minimum absolute atomic E-state index is 0. The quantitative estimate of drug-likeness (QED) is 0.141. The lowest BCUT2D eigenvalue weighted by Crippen LogP contribution is -2.55. The molecule has 0 aliphatic heterocycles. The molecule has 11 heteroatoms. The number of nitro groups is 1. The van der Waals surface area contributed by atoms with Gasteiger partial charge in [0.2, 0.25) is 6.54 Å². The predicted octanol–water partition coefficient (Wildman–Crippen LogP) is 5.60. The molecule has 12 aliphatic rings. The zero-order valence-corrected chi connectivity index (χ0v) is 29.8. The smallest absolute Gasteiger partial charge is 0.209 e. The second-order valence-corrected chi connectivity index (χ2v) is 18.4. The lowest BCUT2D eigenvalue weighted by Gasteiger charge is -2.58. The van der Waals surface area contributed by atoms with Crippen LogP contribution in [0.2, 0.25) is 0 Å². The Balaban J connectivity index is 0.000000127. The molecule has 0 aromatic heterocycles. The minimum atomic E-state index is -0.165. The fourth-order valence-corrected chi connectivity index (χ4v) is 13.5. The van der Waals surface area contributed by atoms with Crippen LogP contribution in [0.4, 0.5) is 0 Å². The first-order valence-electron chi connectivity index (χ1n) is 18.1. The number of hydrogen-bond donors (Lipinski definition) is 5. The maximum Gasteiger partial charge on any atom is 0.209 e. The SMILES string of the molecule is Cl.ClCCCl.NCC12CC3CC(C1)C(O)C(C3)C2.NCC12CC3CC(C1)C(O)C(C3)C2.O=[N+]([O-])CC12CC3CC(C1)C(O)C(C3)C2. The van der Waals surface area contributed by atoms with Gasteiger partial charge in [0, 0.05) is 22.1 Å². The molecule has 46 heavy (non-hydrogen) atoms. The van der Waals surface area contributed by atoms with E-state index in [0.717, 1.165) is 57.0 Å². The van der Waals surface area contributed by atoms with Crippen LogP contribution < -0.4 is 11.5 Å². The van der Waals surface area contributed by atoms with Gasteiger partial charge >= 0.3 is 0 Å². The van der Waals surface area contributed by atoms with Crippen LogP contribution in [0.25, 0.3) is 0 Å². The van der Waals surface area contributed by atoms with E-state index in [1.165, 1.54) is 64.2 Å². The van der Waals surface area contributed by atoms with E-state index in [4.69, 9.17) is 34.7 Å². The van der Waals surface area contributed by atoms with Gasteiger partial charge in [-0.2, -0.15) is 0 Å². The van der Waals surface area contributed by atoms with E-state index in [1.54, 1.807) is 0 Å². The number of alkyl halides is 2. The number of nitrogens with zero attached hydrogens (tertiary/aromatic N) is 1. The van der Waals surface area contributed by atoms with Gasteiger partial charge in [0.1, 0.15) is 0 Å². The normalized spacial score (nSPS) is 50.8. The molecule has 7 N–H and O–H groups in total. The summed E-state index contributed by atoms with van der Waals surface area (Å²) >= 11 is 10.1. The third-order valence-electron chi connectivity index (χ3n) is 14.5. The molecule has 0 amide bonds. The number of halogens is 3. The first-order chi connectivity index (χ1) is 21.4. The van der Waals surface area contributed by atoms with Crippen molar-refractivity contribution in [2.45, 2.75) is 115 Å². The minimum Gasteiger partial charge on any atom is -0.393 e. The van der Waals surface area contributed by atoms with Crippen LogP contribution in [0.5, 0.6) is 0 Å². The monoisotopic (exact) mass is 707 g/mol. The Morgan fingerprint density at radius 2 is 0.826 bits per heavy atom. The van der Waals surface area contributed by atoms with Crippen molar-refractivity contribution in [2.24, 2.45) is 81.0 Å². The number of hydrogen-bond acceptors (Lipinski definition) is 7. The van der Waals surface area contributed by atoms with E-state index in [1.807, 2.05) is 0 Å². The highest BCUT2D eigenvalue weighted by Crippen LogP contribution is 2.61. The van der Waals surface area contributed by atoms with Gasteiger partial charge in [-0.15, -0.1) is 35.6 Å². The average Bonchev–Trinajstić information content (AvgIpc) is 3.00. The topological polar surface area (TPSA) is 156 Å². The van der Waals surface area contributed by atoms with E-state index in [-0.39, 0.29) is 47.6 Å². The van der Waals surface area contributed by atoms with Crippen LogP contribution in [0.1, 0.15) is 96.3 Å². The van der Waals surface area contributed by atoms with Gasteiger partial charge in [0.05, 0.1) is 18.3 Å². The maximum atomic E-state index is 10.7. The molecular formula is C35H60Cl3N3O5. The third kappa shape index (κ3) is 7.41. The molecule has 0 saturated heterocycles. The molecule has 12 bridgehead atoms. The van der Waals surface area contributed by atoms with Crippen LogP contribution in [-0.4, -0.2) is 69.9 Å². The fraction of sp³-hybridized carbons (Fsp3) is 1.00. The molecule has 12 fully saturated rings. The summed E-state index contributed by atoms with van der Waals surface area (Å²) in [6, 6.07) is 0. The highest BCUT2D eigenvalue weighted by atomic mass is 35.5. The van der Waals surface area contributed by atoms with Gasteiger partial charge in [-0.1, -0.05) is 0 Å². The van der Waals surface area contributed by atoms with E-state index in [2.05, 4.69) is 0 Å². The fourth-order valence-electron chi connectivity index (χ4n) is 13.5. The van der Waals surface area contributed by atoms with Crippen LogP contribution >= 0.6 is 35.6 Å². The Bertz CT molecular complexity index is 957. The predicted molar refractivity (Wildman–Crippen MR) is 185 cm³/mol. The summed E-state index contributed by atoms with van der Waals surface area (Å²) in [5.41, 5.74) is 12.6. The van der Waals surface area contributed by atoms with Crippen LogP contribution in [0.15, 0.2) is 0 Å². The van der Waals surface area contributed by atoms with Gasteiger partial charge < -0.3 is 26.8 Å². The second kappa shape index (κ2) is 14.7. The number of nitrogens with two attached hydrogens (primary N) is 2. The first-order valence-corrected chi connectivity index (χ1v) is 19.2. The Morgan fingerprint density at radius 1 is 0.565 bits per heavy atom. The van der Waals surface area contributed by atoms with Crippen molar-refractivity contribution in [2.75, 3.05) is 31.4 Å². The average molecular weight is 709 g/mol. The van der Waals surface area contributed by atoms with Crippen LogP contribution in [-0.2, 0) is 0 Å². The molecule has 0 heterocycles. The van der Waals surface area contributed by atoms with Crippen molar-refractivity contribution >= 4 is 35.6 Å². The van der Waals surface area contributed by atoms with E-state index in [0.29, 0.717) is 64.0 Å². The Kier molecular flexibility index (Phi) is 12.0. The number of rotatable bonds is 5. The molecule has 6 atom stereocenters. The lowest BCUT2D eigenvalue weighted by atomic mass is 9.48. The molecule has 6 unspecified atom stereocenters. The second-order valence-electron chi connectivity index (χ2n) is 17.7. The summed E-state index contributed by atoms with van der Waals surface area (Å²) in [5.74, 6) is 6.64. The number of aliphatic hydroxyl groups excluding tert-OH is 3. The van der Waals surface area contributed by atoms with E-state index < -0.39 is 0 Å². The summed E-state index contributed by atoms with van der Waals surface area (Å²) in [4.78, 5) is 10.6. The Hall–Kier alpha value is 0.0700. The summed E-state index contributed by atoms with van der Waals surface area (Å²) in [6.45, 7) is 1.83. The summed E-state index contributed by atoms with van der Waals surface area (Å²) < 4.78 is 0.